The molecule has 0 aliphatic carbocycles. The number of sulfonamides is 1. The number of benzene rings is 3. The summed E-state index contributed by atoms with van der Waals surface area (Å²) in [5.74, 6) is -0.423. The molecule has 1 atom stereocenters. The van der Waals surface area contributed by atoms with E-state index in [9.17, 15) is 18.0 Å². The first-order valence-corrected chi connectivity index (χ1v) is 15.6. The van der Waals surface area contributed by atoms with Gasteiger partial charge >= 0.3 is 0 Å². The summed E-state index contributed by atoms with van der Waals surface area (Å²) in [6.07, 6.45) is 1.95. The van der Waals surface area contributed by atoms with Gasteiger partial charge in [-0.2, -0.15) is 0 Å². The van der Waals surface area contributed by atoms with Gasteiger partial charge < -0.3 is 10.2 Å². The molecule has 0 aliphatic heterocycles. The molecule has 39 heavy (non-hydrogen) atoms. The Hall–Kier alpha value is -3.17. The second-order valence-electron chi connectivity index (χ2n) is 9.47. The standard InChI is InChI=1S/C30H36BrN3O4S/c1-4-32-30(36)28(21-24-12-6-5-7-13-24)33(22-25-16-18-26(31)19-17-25)29(35)15-10-20-34(39(3,37)38)27-14-9-8-11-23(27)2/h5-9,11-14,16-19,28H,4,10,15,20-22H2,1-3H3,(H,32,36)/t28-/m1/s1. The molecule has 0 bridgehead atoms. The van der Waals surface area contributed by atoms with E-state index in [2.05, 4.69) is 21.2 Å². The number of amides is 2. The Bertz CT molecular complexity index is 1350. The minimum absolute atomic E-state index is 0.0964. The van der Waals surface area contributed by atoms with Crippen LogP contribution < -0.4 is 9.62 Å². The van der Waals surface area contributed by atoms with Gasteiger partial charge in [0.1, 0.15) is 6.04 Å². The van der Waals surface area contributed by atoms with Crippen molar-refractivity contribution in [2.75, 3.05) is 23.7 Å². The second kappa shape index (κ2) is 14.3. The fraction of sp³-hybridized carbons (Fsp3) is 0.333. The fourth-order valence-electron chi connectivity index (χ4n) is 4.46. The van der Waals surface area contributed by atoms with Crippen LogP contribution in [0.5, 0.6) is 0 Å². The smallest absolute Gasteiger partial charge is 0.243 e. The lowest BCUT2D eigenvalue weighted by molar-refractivity contribution is -0.141. The van der Waals surface area contributed by atoms with Gasteiger partial charge in [0.25, 0.3) is 0 Å². The number of halogens is 1. The zero-order valence-corrected chi connectivity index (χ0v) is 25.0. The third kappa shape index (κ3) is 8.93. The molecule has 0 aromatic heterocycles. The molecule has 0 radical (unpaired) electrons. The summed E-state index contributed by atoms with van der Waals surface area (Å²) in [6.45, 7) is 4.58. The average Bonchev–Trinajstić information content (AvgIpc) is 2.90. The number of anilines is 1. The Morgan fingerprint density at radius 2 is 1.56 bits per heavy atom. The van der Waals surface area contributed by atoms with Gasteiger partial charge in [0.05, 0.1) is 11.9 Å². The number of likely N-dealkylation sites (N-methyl/N-ethyl adjacent to an activating group) is 1. The summed E-state index contributed by atoms with van der Waals surface area (Å²) in [4.78, 5) is 28.7. The minimum atomic E-state index is -3.55. The zero-order chi connectivity index (χ0) is 28.4. The second-order valence-corrected chi connectivity index (χ2v) is 12.3. The lowest BCUT2D eigenvalue weighted by Gasteiger charge is -2.32. The molecular formula is C30H36BrN3O4S. The maximum Gasteiger partial charge on any atom is 0.243 e. The molecule has 0 unspecified atom stereocenters. The maximum atomic E-state index is 13.8. The topological polar surface area (TPSA) is 86.8 Å². The van der Waals surface area contributed by atoms with Crippen molar-refractivity contribution in [2.45, 2.75) is 45.7 Å². The highest BCUT2D eigenvalue weighted by atomic mass is 79.9. The van der Waals surface area contributed by atoms with Crippen LogP contribution in [0.2, 0.25) is 0 Å². The van der Waals surface area contributed by atoms with Gasteiger partial charge in [-0.15, -0.1) is 0 Å². The molecule has 0 aliphatic rings. The predicted molar refractivity (Wildman–Crippen MR) is 160 cm³/mol. The summed E-state index contributed by atoms with van der Waals surface area (Å²) >= 11 is 3.45. The van der Waals surface area contributed by atoms with Crippen molar-refractivity contribution < 1.29 is 18.0 Å². The van der Waals surface area contributed by atoms with Gasteiger partial charge in [0, 0.05) is 36.9 Å². The van der Waals surface area contributed by atoms with Gasteiger partial charge in [0.2, 0.25) is 21.8 Å². The van der Waals surface area contributed by atoms with Gasteiger partial charge in [-0.05, 0) is 55.2 Å². The number of hydrogen-bond donors (Lipinski definition) is 1. The molecule has 0 spiro atoms. The Labute approximate surface area is 240 Å². The highest BCUT2D eigenvalue weighted by Gasteiger charge is 2.30. The van der Waals surface area contributed by atoms with Crippen LogP contribution in [0.3, 0.4) is 0 Å². The molecule has 3 aromatic rings. The van der Waals surface area contributed by atoms with E-state index in [1.165, 1.54) is 10.6 Å². The first-order valence-electron chi connectivity index (χ1n) is 13.0. The number of carbonyl (C=O) groups excluding carboxylic acids is 2. The van der Waals surface area contributed by atoms with Gasteiger partial charge in [0.15, 0.2) is 0 Å². The van der Waals surface area contributed by atoms with Crippen LogP contribution in [0.15, 0.2) is 83.3 Å². The first-order chi connectivity index (χ1) is 18.6. The van der Waals surface area contributed by atoms with Crippen LogP contribution in [-0.4, -0.2) is 50.5 Å². The molecule has 0 fully saturated rings. The van der Waals surface area contributed by atoms with Gasteiger partial charge in [-0.3, -0.25) is 13.9 Å². The Kier molecular flexibility index (Phi) is 11.1. The van der Waals surface area contributed by atoms with Crippen molar-refractivity contribution in [1.82, 2.24) is 10.2 Å². The summed E-state index contributed by atoms with van der Waals surface area (Å²) in [7, 11) is -3.55. The van der Waals surface area contributed by atoms with Crippen molar-refractivity contribution in [3.05, 3.63) is 100 Å². The Morgan fingerprint density at radius 1 is 0.923 bits per heavy atom. The van der Waals surface area contributed by atoms with Gasteiger partial charge in [-0.1, -0.05) is 76.6 Å². The molecular weight excluding hydrogens is 578 g/mol. The SMILES string of the molecule is CCNC(=O)[C@@H](Cc1ccccc1)N(Cc1ccc(Br)cc1)C(=O)CCCN(c1ccccc1C)S(C)(=O)=O. The van der Waals surface area contributed by atoms with Crippen molar-refractivity contribution in [1.29, 1.82) is 0 Å². The molecule has 1 N–H and O–H groups in total. The number of nitrogens with one attached hydrogen (secondary N) is 1. The third-order valence-corrected chi connectivity index (χ3v) is 8.13. The maximum absolute atomic E-state index is 13.8. The average molecular weight is 615 g/mol. The number of rotatable bonds is 13. The summed E-state index contributed by atoms with van der Waals surface area (Å²) in [5, 5.41) is 2.89. The van der Waals surface area contributed by atoms with Crippen LogP contribution in [0.1, 0.15) is 36.5 Å². The van der Waals surface area contributed by atoms with Crippen LogP contribution >= 0.6 is 15.9 Å². The Balaban J connectivity index is 1.86. The van der Waals surface area contributed by atoms with E-state index in [0.717, 1.165) is 21.2 Å². The first kappa shape index (κ1) is 30.4. The molecule has 0 heterocycles. The number of carbonyl (C=O) groups is 2. The molecule has 208 valence electrons. The highest BCUT2D eigenvalue weighted by Crippen LogP contribution is 2.23. The molecule has 3 rings (SSSR count). The normalized spacial score (nSPS) is 12.0. The molecule has 2 amide bonds. The number of para-hydroxylation sites is 1. The van der Waals surface area contributed by atoms with E-state index in [1.807, 2.05) is 80.6 Å². The zero-order valence-electron chi connectivity index (χ0n) is 22.6. The van der Waals surface area contributed by atoms with Crippen LogP contribution in [0, 0.1) is 6.92 Å². The van der Waals surface area contributed by atoms with Crippen molar-refractivity contribution in [3.63, 3.8) is 0 Å². The quantitative estimate of drug-likeness (QED) is 0.291. The van der Waals surface area contributed by atoms with E-state index in [4.69, 9.17) is 0 Å². The molecule has 9 heteroatoms. The van der Waals surface area contributed by atoms with E-state index in [0.29, 0.717) is 25.1 Å². The number of aryl methyl sites for hydroxylation is 1. The van der Waals surface area contributed by atoms with E-state index in [1.54, 1.807) is 17.0 Å². The fourth-order valence-corrected chi connectivity index (χ4v) is 5.75. The monoisotopic (exact) mass is 613 g/mol. The van der Waals surface area contributed by atoms with E-state index >= 15 is 0 Å². The largest absolute Gasteiger partial charge is 0.355 e. The summed E-state index contributed by atoms with van der Waals surface area (Å²) in [6, 6.07) is 23.9. The summed E-state index contributed by atoms with van der Waals surface area (Å²) < 4.78 is 27.5. The molecule has 7 nitrogen and oxygen atoms in total. The lowest BCUT2D eigenvalue weighted by atomic mass is 10.0. The Morgan fingerprint density at radius 3 is 2.18 bits per heavy atom. The van der Waals surface area contributed by atoms with E-state index < -0.39 is 16.1 Å². The van der Waals surface area contributed by atoms with Crippen molar-refractivity contribution >= 4 is 43.5 Å². The minimum Gasteiger partial charge on any atom is -0.355 e. The van der Waals surface area contributed by atoms with Crippen LogP contribution in [0.4, 0.5) is 5.69 Å². The predicted octanol–water partition coefficient (Wildman–Crippen LogP) is 5.08. The molecule has 0 saturated heterocycles. The lowest BCUT2D eigenvalue weighted by Crippen LogP contribution is -2.50. The number of hydrogen-bond acceptors (Lipinski definition) is 4. The summed E-state index contributed by atoms with van der Waals surface area (Å²) in [5.41, 5.74) is 3.28. The third-order valence-electron chi connectivity index (χ3n) is 6.42. The van der Waals surface area contributed by atoms with Crippen LogP contribution in [-0.2, 0) is 32.6 Å². The van der Waals surface area contributed by atoms with E-state index in [-0.39, 0.29) is 31.3 Å². The molecule has 0 saturated carbocycles. The number of nitrogens with zero attached hydrogens (tertiary/aromatic N) is 2. The van der Waals surface area contributed by atoms with Crippen molar-refractivity contribution in [2.24, 2.45) is 0 Å². The van der Waals surface area contributed by atoms with Crippen molar-refractivity contribution in [3.8, 4) is 0 Å². The molecule has 3 aromatic carbocycles. The van der Waals surface area contributed by atoms with Gasteiger partial charge in [-0.25, -0.2) is 8.42 Å². The highest BCUT2D eigenvalue weighted by molar-refractivity contribution is 9.10. The van der Waals surface area contributed by atoms with Crippen LogP contribution in [0.25, 0.3) is 0 Å².